The summed E-state index contributed by atoms with van der Waals surface area (Å²) in [6, 6.07) is 0.943. The van der Waals surface area contributed by atoms with E-state index >= 15 is 0 Å². The van der Waals surface area contributed by atoms with Gasteiger partial charge in [0.1, 0.15) is 0 Å². The summed E-state index contributed by atoms with van der Waals surface area (Å²) in [5.74, 6) is 0.355. The molecular weight excluding hydrogens is 240 g/mol. The number of ether oxygens (including phenoxy) is 1. The lowest BCUT2D eigenvalue weighted by atomic mass is 9.90. The van der Waals surface area contributed by atoms with Crippen LogP contribution in [0.4, 0.5) is 0 Å². The lowest BCUT2D eigenvalue weighted by molar-refractivity contribution is -0.149. The van der Waals surface area contributed by atoms with E-state index in [9.17, 15) is 4.79 Å². The van der Waals surface area contributed by atoms with E-state index in [-0.39, 0.29) is 0 Å². The first kappa shape index (κ1) is 13.4. The molecule has 0 radical (unpaired) electrons. The molecule has 19 heavy (non-hydrogen) atoms. The zero-order valence-electron chi connectivity index (χ0n) is 11.8. The van der Waals surface area contributed by atoms with Crippen molar-refractivity contribution in [3.05, 3.63) is 0 Å². The van der Waals surface area contributed by atoms with Crippen molar-refractivity contribution in [1.82, 2.24) is 10.2 Å². The summed E-state index contributed by atoms with van der Waals surface area (Å²) in [6.45, 7) is 2.66. The van der Waals surface area contributed by atoms with Gasteiger partial charge in [-0.1, -0.05) is 12.8 Å². The molecule has 1 N–H and O–H groups in total. The quantitative estimate of drug-likeness (QED) is 0.845. The molecule has 3 atom stereocenters. The average Bonchev–Trinajstić information content (AvgIpc) is 2.97. The number of nitrogens with zero attached hydrogens (tertiary/aromatic N) is 1. The monoisotopic (exact) mass is 266 g/mol. The molecule has 4 heteroatoms. The SMILES string of the molecule is O=C(CCC1CCCN1)N1CCOC2CCCCC21. The van der Waals surface area contributed by atoms with E-state index in [0.29, 0.717) is 30.5 Å². The van der Waals surface area contributed by atoms with E-state index in [1.54, 1.807) is 0 Å². The normalized spacial score (nSPS) is 35.2. The lowest BCUT2D eigenvalue weighted by Gasteiger charge is -2.44. The average molecular weight is 266 g/mol. The van der Waals surface area contributed by atoms with Crippen LogP contribution in [0.1, 0.15) is 51.4 Å². The van der Waals surface area contributed by atoms with E-state index in [2.05, 4.69) is 10.2 Å². The smallest absolute Gasteiger partial charge is 0.223 e. The molecule has 2 aliphatic heterocycles. The van der Waals surface area contributed by atoms with E-state index in [1.807, 2.05) is 0 Å². The number of rotatable bonds is 3. The number of hydrogen-bond acceptors (Lipinski definition) is 3. The predicted molar refractivity (Wildman–Crippen MR) is 74.0 cm³/mol. The molecule has 2 heterocycles. The first-order chi connectivity index (χ1) is 9.34. The Kier molecular flexibility index (Phi) is 4.38. The Morgan fingerprint density at radius 1 is 1.21 bits per heavy atom. The molecule has 4 nitrogen and oxygen atoms in total. The molecule has 1 saturated carbocycles. The zero-order chi connectivity index (χ0) is 13.1. The third-order valence-corrected chi connectivity index (χ3v) is 4.92. The van der Waals surface area contributed by atoms with Gasteiger partial charge < -0.3 is 15.0 Å². The highest BCUT2D eigenvalue weighted by Gasteiger charge is 2.36. The summed E-state index contributed by atoms with van der Waals surface area (Å²) in [5, 5.41) is 3.48. The Hall–Kier alpha value is -0.610. The molecule has 0 aromatic heterocycles. The molecule has 108 valence electrons. The van der Waals surface area contributed by atoms with E-state index < -0.39 is 0 Å². The van der Waals surface area contributed by atoms with Gasteiger partial charge in [-0.2, -0.15) is 0 Å². The van der Waals surface area contributed by atoms with Gasteiger partial charge in [0, 0.05) is 19.0 Å². The fourth-order valence-corrected chi connectivity index (χ4v) is 3.85. The van der Waals surface area contributed by atoms with Crippen LogP contribution in [-0.4, -0.2) is 48.7 Å². The van der Waals surface area contributed by atoms with Crippen LogP contribution >= 0.6 is 0 Å². The lowest BCUT2D eigenvalue weighted by Crippen LogP contribution is -2.54. The summed E-state index contributed by atoms with van der Waals surface area (Å²) < 4.78 is 5.83. The zero-order valence-corrected chi connectivity index (χ0v) is 11.8. The van der Waals surface area contributed by atoms with Gasteiger partial charge in [-0.25, -0.2) is 0 Å². The van der Waals surface area contributed by atoms with Gasteiger partial charge in [-0.05, 0) is 38.6 Å². The van der Waals surface area contributed by atoms with Crippen LogP contribution in [0.5, 0.6) is 0 Å². The van der Waals surface area contributed by atoms with Crippen molar-refractivity contribution in [2.75, 3.05) is 19.7 Å². The second-order valence-corrected chi connectivity index (χ2v) is 6.18. The molecule has 2 saturated heterocycles. The minimum absolute atomic E-state index is 0.316. The van der Waals surface area contributed by atoms with Crippen LogP contribution in [0.15, 0.2) is 0 Å². The van der Waals surface area contributed by atoms with E-state index in [0.717, 1.165) is 39.0 Å². The van der Waals surface area contributed by atoms with Gasteiger partial charge in [-0.3, -0.25) is 4.79 Å². The molecule has 3 fully saturated rings. The van der Waals surface area contributed by atoms with Crippen LogP contribution < -0.4 is 5.32 Å². The van der Waals surface area contributed by atoms with Crippen LogP contribution in [-0.2, 0) is 9.53 Å². The Bertz CT molecular complexity index is 313. The number of fused-ring (bicyclic) bond motifs is 1. The second kappa shape index (κ2) is 6.23. The second-order valence-electron chi connectivity index (χ2n) is 6.18. The standard InChI is InChI=1S/C15H26N2O2/c18-15(8-7-12-4-3-9-16-12)17-10-11-19-14-6-2-1-5-13(14)17/h12-14,16H,1-11H2. The topological polar surface area (TPSA) is 41.6 Å². The summed E-state index contributed by atoms with van der Waals surface area (Å²) in [5.41, 5.74) is 0. The number of hydrogen-bond donors (Lipinski definition) is 1. The maximum atomic E-state index is 12.5. The molecule has 0 aromatic rings. The summed E-state index contributed by atoms with van der Waals surface area (Å²) in [4.78, 5) is 14.6. The van der Waals surface area contributed by atoms with Crippen molar-refractivity contribution in [3.63, 3.8) is 0 Å². The molecule has 0 aromatic carbocycles. The largest absolute Gasteiger partial charge is 0.374 e. The summed E-state index contributed by atoms with van der Waals surface area (Å²) in [6.07, 6.45) is 9.32. The third-order valence-electron chi connectivity index (χ3n) is 4.92. The number of carbonyl (C=O) groups excluding carboxylic acids is 1. The van der Waals surface area contributed by atoms with Gasteiger partial charge in [0.15, 0.2) is 0 Å². The Morgan fingerprint density at radius 2 is 2.11 bits per heavy atom. The molecule has 3 unspecified atom stereocenters. The molecule has 1 amide bonds. The van der Waals surface area contributed by atoms with Gasteiger partial charge in [-0.15, -0.1) is 0 Å². The molecule has 3 aliphatic rings. The van der Waals surface area contributed by atoms with Gasteiger partial charge in [0.2, 0.25) is 5.91 Å². The highest BCUT2D eigenvalue weighted by molar-refractivity contribution is 5.76. The van der Waals surface area contributed by atoms with Crippen LogP contribution in [0, 0.1) is 0 Å². The molecule has 0 spiro atoms. The van der Waals surface area contributed by atoms with Gasteiger partial charge in [0.25, 0.3) is 0 Å². The predicted octanol–water partition coefficient (Wildman–Crippen LogP) is 1.69. The minimum Gasteiger partial charge on any atom is -0.374 e. The number of amides is 1. The molecular formula is C15H26N2O2. The Labute approximate surface area is 115 Å². The van der Waals surface area contributed by atoms with Crippen molar-refractivity contribution in [3.8, 4) is 0 Å². The Morgan fingerprint density at radius 3 is 2.95 bits per heavy atom. The Balaban J connectivity index is 1.52. The fourth-order valence-electron chi connectivity index (χ4n) is 3.85. The van der Waals surface area contributed by atoms with Gasteiger partial charge in [0.05, 0.1) is 18.8 Å². The van der Waals surface area contributed by atoms with Crippen molar-refractivity contribution in [2.45, 2.75) is 69.6 Å². The van der Waals surface area contributed by atoms with Crippen LogP contribution in [0.25, 0.3) is 0 Å². The van der Waals surface area contributed by atoms with Crippen molar-refractivity contribution in [2.24, 2.45) is 0 Å². The van der Waals surface area contributed by atoms with Crippen molar-refractivity contribution >= 4 is 5.91 Å². The number of morpholine rings is 1. The van der Waals surface area contributed by atoms with Crippen LogP contribution in [0.2, 0.25) is 0 Å². The molecule has 1 aliphatic carbocycles. The highest BCUT2D eigenvalue weighted by Crippen LogP contribution is 2.29. The highest BCUT2D eigenvalue weighted by atomic mass is 16.5. The third kappa shape index (κ3) is 3.11. The first-order valence-corrected chi connectivity index (χ1v) is 7.99. The van der Waals surface area contributed by atoms with Gasteiger partial charge >= 0.3 is 0 Å². The van der Waals surface area contributed by atoms with Crippen molar-refractivity contribution in [1.29, 1.82) is 0 Å². The first-order valence-electron chi connectivity index (χ1n) is 7.99. The number of nitrogens with one attached hydrogen (secondary N) is 1. The maximum Gasteiger partial charge on any atom is 0.223 e. The van der Waals surface area contributed by atoms with Crippen LogP contribution in [0.3, 0.4) is 0 Å². The summed E-state index contributed by atoms with van der Waals surface area (Å²) in [7, 11) is 0. The maximum absolute atomic E-state index is 12.5. The van der Waals surface area contributed by atoms with E-state index in [1.165, 1.54) is 25.7 Å². The molecule has 0 bridgehead atoms. The molecule has 3 rings (SSSR count). The minimum atomic E-state index is 0.316. The summed E-state index contributed by atoms with van der Waals surface area (Å²) >= 11 is 0. The van der Waals surface area contributed by atoms with Crippen molar-refractivity contribution < 1.29 is 9.53 Å². The van der Waals surface area contributed by atoms with E-state index in [4.69, 9.17) is 4.74 Å². The fraction of sp³-hybridized carbons (Fsp3) is 0.933. The number of carbonyl (C=O) groups is 1.